The van der Waals surface area contributed by atoms with Crippen LogP contribution in [0, 0.1) is 13.8 Å². The van der Waals surface area contributed by atoms with Crippen molar-refractivity contribution >= 4 is 17.8 Å². The van der Waals surface area contributed by atoms with E-state index in [9.17, 15) is 9.59 Å². The maximum absolute atomic E-state index is 11.5. The maximum Gasteiger partial charge on any atom is 0.328 e. The van der Waals surface area contributed by atoms with E-state index in [1.54, 1.807) is 0 Å². The molecule has 8 nitrogen and oxygen atoms in total. The number of aromatic nitrogens is 2. The Morgan fingerprint density at radius 3 is 2.43 bits per heavy atom. The summed E-state index contributed by atoms with van der Waals surface area (Å²) in [5, 5.41) is 22.7. The quantitative estimate of drug-likeness (QED) is 0.491. The Labute approximate surface area is 122 Å². The van der Waals surface area contributed by atoms with Gasteiger partial charge in [0.05, 0.1) is 6.61 Å². The molecular weight excluding hydrogens is 276 g/mol. The fourth-order valence-corrected chi connectivity index (χ4v) is 1.71. The number of carbonyl (C=O) groups excluding carboxylic acids is 1. The molecule has 0 radical (unpaired) electrons. The summed E-state index contributed by atoms with van der Waals surface area (Å²) in [6.45, 7) is 3.60. The van der Waals surface area contributed by atoms with Gasteiger partial charge in [-0.3, -0.25) is 4.79 Å². The van der Waals surface area contributed by atoms with E-state index >= 15 is 0 Å². The van der Waals surface area contributed by atoms with Crippen LogP contribution in [0.25, 0.3) is 0 Å². The number of aliphatic hydroxyl groups excluding tert-OH is 1. The molecular formula is C13H20N4O4. The predicted molar refractivity (Wildman–Crippen MR) is 75.9 cm³/mol. The molecule has 0 bridgehead atoms. The first kappa shape index (κ1) is 16.8. The van der Waals surface area contributed by atoms with Crippen molar-refractivity contribution in [1.29, 1.82) is 0 Å². The van der Waals surface area contributed by atoms with Crippen LogP contribution < -0.4 is 10.6 Å². The zero-order valence-corrected chi connectivity index (χ0v) is 12.1. The van der Waals surface area contributed by atoms with Crippen LogP contribution in [0.2, 0.25) is 0 Å². The molecule has 0 aliphatic rings. The summed E-state index contributed by atoms with van der Waals surface area (Å²) in [7, 11) is 0. The molecule has 21 heavy (non-hydrogen) atoms. The van der Waals surface area contributed by atoms with E-state index in [4.69, 9.17) is 10.2 Å². The van der Waals surface area contributed by atoms with Gasteiger partial charge in [0.15, 0.2) is 0 Å². The van der Waals surface area contributed by atoms with E-state index in [0.717, 1.165) is 11.4 Å². The molecule has 1 heterocycles. The third kappa shape index (κ3) is 6.17. The second-order valence-corrected chi connectivity index (χ2v) is 4.65. The molecule has 0 saturated carbocycles. The molecule has 1 atom stereocenters. The molecule has 0 aliphatic heterocycles. The largest absolute Gasteiger partial charge is 0.480 e. The summed E-state index contributed by atoms with van der Waals surface area (Å²) >= 11 is 0. The average molecular weight is 296 g/mol. The van der Waals surface area contributed by atoms with Crippen LogP contribution in [0.4, 0.5) is 5.95 Å². The third-order valence-corrected chi connectivity index (χ3v) is 2.66. The number of anilines is 1. The first-order chi connectivity index (χ1) is 9.92. The van der Waals surface area contributed by atoms with Gasteiger partial charge >= 0.3 is 5.97 Å². The molecule has 1 rings (SSSR count). The number of carboxylic acid groups (broad SMARTS) is 1. The van der Waals surface area contributed by atoms with Crippen molar-refractivity contribution in [2.45, 2.75) is 32.7 Å². The number of nitrogens with one attached hydrogen (secondary N) is 2. The first-order valence-corrected chi connectivity index (χ1v) is 6.61. The highest BCUT2D eigenvalue weighted by Crippen LogP contribution is 2.04. The van der Waals surface area contributed by atoms with E-state index in [2.05, 4.69) is 20.6 Å². The van der Waals surface area contributed by atoms with Crippen molar-refractivity contribution in [1.82, 2.24) is 15.3 Å². The van der Waals surface area contributed by atoms with E-state index in [-0.39, 0.29) is 6.42 Å². The summed E-state index contributed by atoms with van der Waals surface area (Å²) < 4.78 is 0. The number of hydrogen-bond acceptors (Lipinski definition) is 6. The third-order valence-electron chi connectivity index (χ3n) is 2.66. The van der Waals surface area contributed by atoms with Crippen LogP contribution in [-0.2, 0) is 9.59 Å². The van der Waals surface area contributed by atoms with E-state index in [0.29, 0.717) is 18.9 Å². The predicted octanol–water partition coefficient (Wildman–Crippen LogP) is -0.153. The number of carboxylic acids is 1. The summed E-state index contributed by atoms with van der Waals surface area (Å²) in [6, 6.07) is 0.604. The van der Waals surface area contributed by atoms with Crippen LogP contribution >= 0.6 is 0 Å². The molecule has 1 unspecified atom stereocenters. The topological polar surface area (TPSA) is 124 Å². The van der Waals surface area contributed by atoms with Crippen LogP contribution in [0.5, 0.6) is 0 Å². The second kappa shape index (κ2) is 8.15. The van der Waals surface area contributed by atoms with Crippen molar-refractivity contribution in [2.24, 2.45) is 0 Å². The van der Waals surface area contributed by atoms with Crippen molar-refractivity contribution in [2.75, 3.05) is 18.5 Å². The number of hydrogen-bond donors (Lipinski definition) is 4. The van der Waals surface area contributed by atoms with Gasteiger partial charge in [-0.25, -0.2) is 14.8 Å². The maximum atomic E-state index is 11.5. The zero-order chi connectivity index (χ0) is 15.8. The van der Waals surface area contributed by atoms with E-state index in [1.807, 2.05) is 19.9 Å². The first-order valence-electron chi connectivity index (χ1n) is 6.61. The standard InChI is InChI=1S/C13H20N4O4/c1-8-6-9(2)16-13(15-8)14-5-3-4-11(19)17-10(7-18)12(20)21/h6,10,18H,3-5,7H2,1-2H3,(H,17,19)(H,20,21)(H,14,15,16). The molecule has 0 aliphatic carbocycles. The lowest BCUT2D eigenvalue weighted by Gasteiger charge is -2.11. The Kier molecular flexibility index (Phi) is 6.54. The smallest absolute Gasteiger partial charge is 0.328 e. The molecule has 1 amide bonds. The Morgan fingerprint density at radius 1 is 1.29 bits per heavy atom. The summed E-state index contributed by atoms with van der Waals surface area (Å²) in [6.07, 6.45) is 0.654. The Balaban J connectivity index is 2.30. The van der Waals surface area contributed by atoms with E-state index in [1.165, 1.54) is 0 Å². The molecule has 0 fully saturated rings. The molecule has 116 valence electrons. The lowest BCUT2D eigenvalue weighted by Crippen LogP contribution is -2.43. The van der Waals surface area contributed by atoms with Gasteiger partial charge in [-0.05, 0) is 26.3 Å². The summed E-state index contributed by atoms with van der Waals surface area (Å²) in [5.74, 6) is -1.17. The van der Waals surface area contributed by atoms with Crippen LogP contribution in [0.3, 0.4) is 0 Å². The lowest BCUT2D eigenvalue weighted by molar-refractivity contribution is -0.142. The van der Waals surface area contributed by atoms with Crippen molar-refractivity contribution in [3.05, 3.63) is 17.5 Å². The SMILES string of the molecule is Cc1cc(C)nc(NCCCC(=O)NC(CO)C(=O)O)n1. The second-order valence-electron chi connectivity index (χ2n) is 4.65. The number of aliphatic carboxylic acids is 1. The monoisotopic (exact) mass is 296 g/mol. The number of aliphatic hydroxyl groups is 1. The van der Waals surface area contributed by atoms with Crippen LogP contribution in [-0.4, -0.2) is 51.3 Å². The van der Waals surface area contributed by atoms with Gasteiger partial charge in [0.2, 0.25) is 11.9 Å². The Bertz CT molecular complexity index is 487. The molecule has 0 spiro atoms. The molecule has 8 heteroatoms. The highest BCUT2D eigenvalue weighted by Gasteiger charge is 2.18. The van der Waals surface area contributed by atoms with Crippen LogP contribution in [0.1, 0.15) is 24.2 Å². The molecule has 4 N–H and O–H groups in total. The van der Waals surface area contributed by atoms with Gasteiger partial charge < -0.3 is 20.8 Å². The van der Waals surface area contributed by atoms with Gasteiger partial charge in [-0.1, -0.05) is 0 Å². The molecule has 0 aromatic carbocycles. The lowest BCUT2D eigenvalue weighted by atomic mass is 10.2. The minimum absolute atomic E-state index is 0.154. The zero-order valence-electron chi connectivity index (χ0n) is 12.1. The number of amides is 1. The molecule has 0 saturated heterocycles. The average Bonchev–Trinajstić information content (AvgIpc) is 2.39. The van der Waals surface area contributed by atoms with Gasteiger partial charge in [-0.15, -0.1) is 0 Å². The van der Waals surface area contributed by atoms with Gasteiger partial charge in [0.25, 0.3) is 0 Å². The van der Waals surface area contributed by atoms with Gasteiger partial charge in [-0.2, -0.15) is 0 Å². The number of nitrogens with zero attached hydrogens (tertiary/aromatic N) is 2. The number of rotatable bonds is 8. The van der Waals surface area contributed by atoms with Crippen molar-refractivity contribution in [3.8, 4) is 0 Å². The minimum atomic E-state index is -1.26. The molecule has 1 aromatic heterocycles. The van der Waals surface area contributed by atoms with E-state index < -0.39 is 24.5 Å². The highest BCUT2D eigenvalue weighted by molar-refractivity contribution is 5.83. The van der Waals surface area contributed by atoms with Crippen LogP contribution in [0.15, 0.2) is 6.07 Å². The molecule has 1 aromatic rings. The Hall–Kier alpha value is -2.22. The fraction of sp³-hybridized carbons (Fsp3) is 0.538. The Morgan fingerprint density at radius 2 is 1.90 bits per heavy atom. The van der Waals surface area contributed by atoms with Gasteiger partial charge in [0, 0.05) is 24.4 Å². The van der Waals surface area contributed by atoms with Crippen molar-refractivity contribution < 1.29 is 19.8 Å². The van der Waals surface area contributed by atoms with Gasteiger partial charge in [0.1, 0.15) is 6.04 Å². The fourth-order valence-electron chi connectivity index (χ4n) is 1.71. The highest BCUT2D eigenvalue weighted by atomic mass is 16.4. The normalized spacial score (nSPS) is 11.8. The number of carbonyl (C=O) groups is 2. The minimum Gasteiger partial charge on any atom is -0.480 e. The number of aryl methyl sites for hydroxylation is 2. The van der Waals surface area contributed by atoms with Crippen molar-refractivity contribution in [3.63, 3.8) is 0 Å². The summed E-state index contributed by atoms with van der Waals surface area (Å²) in [4.78, 5) is 30.5. The summed E-state index contributed by atoms with van der Waals surface area (Å²) in [5.41, 5.74) is 1.71.